The first-order valence-electron chi connectivity index (χ1n) is 5.39. The summed E-state index contributed by atoms with van der Waals surface area (Å²) in [5.41, 5.74) is 1.07. The van der Waals surface area contributed by atoms with E-state index in [1.54, 1.807) is 0 Å². The Morgan fingerprint density at radius 2 is 1.87 bits per heavy atom. The van der Waals surface area contributed by atoms with Gasteiger partial charge in [0, 0.05) is 16.7 Å². The van der Waals surface area contributed by atoms with Gasteiger partial charge in [-0.1, -0.05) is 12.1 Å². The van der Waals surface area contributed by atoms with Crippen molar-refractivity contribution in [3.63, 3.8) is 0 Å². The topological polar surface area (TPSA) is 15.6 Å². The molecule has 0 atom stereocenters. The monoisotopic (exact) mass is 314 g/mol. The predicted octanol–water partition coefficient (Wildman–Crippen LogP) is 3.44. The number of piperidine rings is 1. The summed E-state index contributed by atoms with van der Waals surface area (Å²) in [6.45, 7) is 2.32. The highest BCUT2D eigenvalue weighted by Gasteiger charge is 2.05. The van der Waals surface area contributed by atoms with Crippen LogP contribution in [0.3, 0.4) is 0 Å². The Bertz CT molecular complexity index is 343. The average Bonchev–Trinajstić information content (AvgIpc) is 2.29. The van der Waals surface area contributed by atoms with Crippen molar-refractivity contribution in [2.75, 3.05) is 13.1 Å². The summed E-state index contributed by atoms with van der Waals surface area (Å²) in [5.74, 6) is 0. The van der Waals surface area contributed by atoms with Gasteiger partial charge in [0.2, 0.25) is 0 Å². The van der Waals surface area contributed by atoms with E-state index in [-0.39, 0.29) is 0 Å². The van der Waals surface area contributed by atoms with Crippen molar-refractivity contribution in [2.24, 2.45) is 4.99 Å². The molecule has 1 aliphatic rings. The Morgan fingerprint density at radius 1 is 1.13 bits per heavy atom. The molecule has 0 bridgehead atoms. The van der Waals surface area contributed by atoms with Gasteiger partial charge in [-0.25, -0.2) is 4.99 Å². The molecule has 3 heteroatoms. The number of rotatable bonds is 2. The lowest BCUT2D eigenvalue weighted by Crippen LogP contribution is -2.28. The molecule has 0 spiro atoms. The maximum Gasteiger partial charge on any atom is 0.0912 e. The molecule has 0 aromatic heterocycles. The Kier molecular flexibility index (Phi) is 4.00. The summed E-state index contributed by atoms with van der Waals surface area (Å²) in [6, 6.07) is 8.22. The van der Waals surface area contributed by atoms with Gasteiger partial charge in [-0.2, -0.15) is 0 Å². The highest BCUT2D eigenvalue weighted by molar-refractivity contribution is 14.1. The van der Waals surface area contributed by atoms with E-state index in [1.165, 1.54) is 22.8 Å². The highest BCUT2D eigenvalue weighted by atomic mass is 127. The fourth-order valence-electron chi connectivity index (χ4n) is 1.73. The summed E-state index contributed by atoms with van der Waals surface area (Å²) in [7, 11) is 0. The third-order valence-electron chi connectivity index (χ3n) is 2.60. The zero-order valence-electron chi connectivity index (χ0n) is 8.69. The number of likely N-dealkylation sites (tertiary alicyclic amines) is 1. The minimum Gasteiger partial charge on any atom is -0.363 e. The largest absolute Gasteiger partial charge is 0.363 e. The lowest BCUT2D eigenvalue weighted by atomic mass is 10.1. The third kappa shape index (κ3) is 3.19. The van der Waals surface area contributed by atoms with Crippen LogP contribution in [-0.4, -0.2) is 24.3 Å². The maximum absolute atomic E-state index is 4.52. The van der Waals surface area contributed by atoms with E-state index in [0.29, 0.717) is 0 Å². The molecule has 2 nitrogen and oxygen atoms in total. The van der Waals surface area contributed by atoms with Gasteiger partial charge in [-0.05, 0) is 54.0 Å². The average molecular weight is 314 g/mol. The molecule has 1 aliphatic heterocycles. The molecule has 1 aromatic carbocycles. The minimum absolute atomic E-state index is 1.07. The zero-order valence-corrected chi connectivity index (χ0v) is 10.9. The van der Waals surface area contributed by atoms with Crippen LogP contribution < -0.4 is 0 Å². The van der Waals surface area contributed by atoms with Gasteiger partial charge in [0.1, 0.15) is 0 Å². The molecule has 0 radical (unpaired) electrons. The van der Waals surface area contributed by atoms with Crippen LogP contribution in [0.2, 0.25) is 0 Å². The van der Waals surface area contributed by atoms with Crippen molar-refractivity contribution in [1.82, 2.24) is 4.90 Å². The van der Waals surface area contributed by atoms with Crippen LogP contribution in [0.4, 0.5) is 5.69 Å². The molecule has 0 aliphatic carbocycles. The molecule has 15 heavy (non-hydrogen) atoms. The lowest BCUT2D eigenvalue weighted by molar-refractivity contribution is 0.351. The maximum atomic E-state index is 4.52. The van der Waals surface area contributed by atoms with E-state index in [1.807, 2.05) is 18.5 Å². The minimum atomic E-state index is 1.07. The van der Waals surface area contributed by atoms with Crippen molar-refractivity contribution >= 4 is 34.6 Å². The Balaban J connectivity index is 2.01. The van der Waals surface area contributed by atoms with Gasteiger partial charge in [-0.3, -0.25) is 0 Å². The number of para-hydroxylation sites is 1. The van der Waals surface area contributed by atoms with Crippen LogP contribution in [-0.2, 0) is 0 Å². The molecule has 80 valence electrons. The summed E-state index contributed by atoms with van der Waals surface area (Å²) < 4.78 is 1.21. The zero-order chi connectivity index (χ0) is 10.5. The number of hydrogen-bond donors (Lipinski definition) is 0. The Labute approximate surface area is 105 Å². The van der Waals surface area contributed by atoms with Gasteiger partial charge in [0.05, 0.1) is 12.0 Å². The second kappa shape index (κ2) is 5.49. The molecular formula is C12H15IN2. The highest BCUT2D eigenvalue weighted by Crippen LogP contribution is 2.20. The summed E-state index contributed by atoms with van der Waals surface area (Å²) in [6.07, 6.45) is 5.97. The van der Waals surface area contributed by atoms with E-state index in [9.17, 15) is 0 Å². The normalized spacial score (nSPS) is 17.3. The molecule has 1 saturated heterocycles. The first kappa shape index (κ1) is 10.9. The van der Waals surface area contributed by atoms with Crippen LogP contribution in [0.5, 0.6) is 0 Å². The molecule has 0 amide bonds. The van der Waals surface area contributed by atoms with Crippen molar-refractivity contribution in [2.45, 2.75) is 19.3 Å². The fraction of sp³-hybridized carbons (Fsp3) is 0.417. The van der Waals surface area contributed by atoms with Crippen LogP contribution in [0.1, 0.15) is 19.3 Å². The van der Waals surface area contributed by atoms with E-state index in [2.05, 4.69) is 44.6 Å². The van der Waals surface area contributed by atoms with Crippen molar-refractivity contribution in [3.05, 3.63) is 27.8 Å². The second-order valence-electron chi connectivity index (χ2n) is 3.79. The number of aliphatic imine (C=N–C) groups is 1. The Morgan fingerprint density at radius 3 is 2.60 bits per heavy atom. The number of nitrogens with zero attached hydrogens (tertiary/aromatic N) is 2. The van der Waals surface area contributed by atoms with Gasteiger partial charge in [0.15, 0.2) is 0 Å². The number of benzene rings is 1. The quantitative estimate of drug-likeness (QED) is 0.464. The van der Waals surface area contributed by atoms with Gasteiger partial charge in [0.25, 0.3) is 0 Å². The van der Waals surface area contributed by atoms with Crippen LogP contribution >= 0.6 is 22.6 Å². The summed E-state index contributed by atoms with van der Waals surface area (Å²) >= 11 is 2.32. The lowest BCUT2D eigenvalue weighted by Gasteiger charge is -2.23. The van der Waals surface area contributed by atoms with E-state index in [4.69, 9.17) is 0 Å². The first-order valence-corrected chi connectivity index (χ1v) is 6.47. The molecule has 0 N–H and O–H groups in total. The summed E-state index contributed by atoms with van der Waals surface area (Å²) in [4.78, 5) is 6.83. The van der Waals surface area contributed by atoms with Crippen LogP contribution in [0, 0.1) is 3.57 Å². The standard InChI is InChI=1S/C12H15IN2/c13-11-6-2-3-7-12(11)14-10-15-8-4-1-5-9-15/h2-3,6-7,10H,1,4-5,8-9H2. The molecule has 1 heterocycles. The van der Waals surface area contributed by atoms with Gasteiger partial charge >= 0.3 is 0 Å². The number of halogens is 1. The van der Waals surface area contributed by atoms with Crippen molar-refractivity contribution < 1.29 is 0 Å². The van der Waals surface area contributed by atoms with Gasteiger partial charge < -0.3 is 4.90 Å². The predicted molar refractivity (Wildman–Crippen MR) is 72.7 cm³/mol. The van der Waals surface area contributed by atoms with Crippen LogP contribution in [0.25, 0.3) is 0 Å². The van der Waals surface area contributed by atoms with E-state index < -0.39 is 0 Å². The van der Waals surface area contributed by atoms with E-state index >= 15 is 0 Å². The third-order valence-corrected chi connectivity index (χ3v) is 3.52. The Hall–Kier alpha value is -0.580. The number of hydrogen-bond acceptors (Lipinski definition) is 1. The molecular weight excluding hydrogens is 299 g/mol. The smallest absolute Gasteiger partial charge is 0.0912 e. The molecule has 0 unspecified atom stereocenters. The summed E-state index contributed by atoms with van der Waals surface area (Å²) in [5, 5.41) is 0. The van der Waals surface area contributed by atoms with Gasteiger partial charge in [-0.15, -0.1) is 0 Å². The van der Waals surface area contributed by atoms with Crippen molar-refractivity contribution in [1.29, 1.82) is 0 Å². The van der Waals surface area contributed by atoms with E-state index in [0.717, 1.165) is 18.8 Å². The fourth-order valence-corrected chi connectivity index (χ4v) is 2.26. The van der Waals surface area contributed by atoms with Crippen molar-refractivity contribution in [3.8, 4) is 0 Å². The SMILES string of the molecule is Ic1ccccc1N=CN1CCCCC1. The van der Waals surface area contributed by atoms with Crippen LogP contribution in [0.15, 0.2) is 29.3 Å². The first-order chi connectivity index (χ1) is 7.36. The molecule has 2 rings (SSSR count). The second-order valence-corrected chi connectivity index (χ2v) is 4.95. The molecule has 0 saturated carbocycles. The molecule has 1 fully saturated rings. The molecule has 1 aromatic rings.